The number of rotatable bonds is 2. The van der Waals surface area contributed by atoms with Crippen molar-refractivity contribution >= 4 is 37.5 Å². The topological polar surface area (TPSA) is 89.7 Å². The van der Waals surface area contributed by atoms with E-state index < -0.39 is 16.1 Å². The van der Waals surface area contributed by atoms with E-state index in [-0.39, 0.29) is 16.8 Å². The van der Waals surface area contributed by atoms with Crippen LogP contribution in [0.15, 0.2) is 45.8 Å². The molecule has 0 saturated carbocycles. The number of carbonyl (C=O) groups is 1. The van der Waals surface area contributed by atoms with Crippen LogP contribution in [0.5, 0.6) is 5.75 Å². The Kier molecular flexibility index (Phi) is 4.09. The van der Waals surface area contributed by atoms with Crippen molar-refractivity contribution in [1.29, 1.82) is 0 Å². The average molecular weight is 437 g/mol. The molecule has 8 heteroatoms. The van der Waals surface area contributed by atoms with Crippen LogP contribution in [0.2, 0.25) is 0 Å². The molecule has 0 bridgehead atoms. The van der Waals surface area contributed by atoms with Crippen LogP contribution in [0.3, 0.4) is 0 Å². The van der Waals surface area contributed by atoms with Gasteiger partial charge in [-0.05, 0) is 48.7 Å². The van der Waals surface area contributed by atoms with Gasteiger partial charge in [0.25, 0.3) is 5.91 Å². The van der Waals surface area contributed by atoms with Crippen LogP contribution in [0, 0.1) is 0 Å². The number of anilines is 1. The summed E-state index contributed by atoms with van der Waals surface area (Å²) in [7, 11) is -3.83. The first-order chi connectivity index (χ1) is 12.2. The predicted molar refractivity (Wildman–Crippen MR) is 101 cm³/mol. The molecular weight excluding hydrogens is 420 g/mol. The summed E-state index contributed by atoms with van der Waals surface area (Å²) in [5.41, 5.74) is 2.50. The van der Waals surface area contributed by atoms with Crippen molar-refractivity contribution in [1.82, 2.24) is 0 Å². The lowest BCUT2D eigenvalue weighted by Crippen LogP contribution is -2.44. The van der Waals surface area contributed by atoms with Crippen LogP contribution < -0.4 is 14.8 Å². The fraction of sp³-hybridized carbons (Fsp3) is 0.278. The summed E-state index contributed by atoms with van der Waals surface area (Å²) in [6, 6.07) is 10.3. The standard InChI is InChI=1S/C18H17BrN2O4S/c1-10-6-11-3-5-14(26(20,23)24)9-15(11)21(10)18(22)17-7-12-2-4-13(19)8-16(12)25-17/h2-5,8-10,17H,6-7H2,1H3,(H2,20,23,24)/t10?,17-/m0/s1. The van der Waals surface area contributed by atoms with Crippen LogP contribution in [-0.2, 0) is 27.7 Å². The highest BCUT2D eigenvalue weighted by atomic mass is 79.9. The lowest BCUT2D eigenvalue weighted by molar-refractivity contribution is -0.124. The summed E-state index contributed by atoms with van der Waals surface area (Å²) >= 11 is 3.40. The minimum Gasteiger partial charge on any atom is -0.480 e. The first-order valence-corrected chi connectivity index (χ1v) is 10.5. The van der Waals surface area contributed by atoms with E-state index in [1.807, 2.05) is 25.1 Å². The van der Waals surface area contributed by atoms with Crippen LogP contribution in [-0.4, -0.2) is 26.5 Å². The molecule has 2 atom stereocenters. The third-order valence-corrected chi connectivity index (χ3v) is 6.22. The van der Waals surface area contributed by atoms with Crippen molar-refractivity contribution < 1.29 is 17.9 Å². The minimum atomic E-state index is -3.83. The Morgan fingerprint density at radius 2 is 1.92 bits per heavy atom. The molecule has 0 spiro atoms. The number of fused-ring (bicyclic) bond motifs is 2. The largest absolute Gasteiger partial charge is 0.480 e. The molecule has 2 heterocycles. The highest BCUT2D eigenvalue weighted by molar-refractivity contribution is 9.10. The number of nitrogens with zero attached hydrogens (tertiary/aromatic N) is 1. The third-order valence-electron chi connectivity index (χ3n) is 4.82. The Bertz CT molecular complexity index is 1020. The first kappa shape index (κ1) is 17.5. The van der Waals surface area contributed by atoms with Gasteiger partial charge < -0.3 is 9.64 Å². The number of sulfonamides is 1. The Labute approximate surface area is 160 Å². The lowest BCUT2D eigenvalue weighted by atomic mass is 10.1. The van der Waals surface area contributed by atoms with Gasteiger partial charge in [-0.25, -0.2) is 13.6 Å². The number of nitrogens with two attached hydrogens (primary N) is 1. The smallest absolute Gasteiger partial charge is 0.268 e. The van der Waals surface area contributed by atoms with E-state index in [9.17, 15) is 13.2 Å². The molecular formula is C18H17BrN2O4S. The van der Waals surface area contributed by atoms with Crippen molar-refractivity contribution in [2.24, 2.45) is 5.14 Å². The first-order valence-electron chi connectivity index (χ1n) is 8.18. The molecule has 0 fully saturated rings. The average Bonchev–Trinajstić information content (AvgIpc) is 3.12. The van der Waals surface area contributed by atoms with Crippen molar-refractivity contribution in [3.63, 3.8) is 0 Å². The zero-order chi connectivity index (χ0) is 18.6. The fourth-order valence-electron chi connectivity index (χ4n) is 3.59. The number of amides is 1. The van der Waals surface area contributed by atoms with E-state index in [0.29, 0.717) is 24.3 Å². The van der Waals surface area contributed by atoms with Gasteiger partial charge in [-0.1, -0.05) is 28.1 Å². The van der Waals surface area contributed by atoms with Crippen molar-refractivity contribution in [3.05, 3.63) is 52.0 Å². The lowest BCUT2D eigenvalue weighted by Gasteiger charge is -2.25. The Balaban J connectivity index is 1.66. The summed E-state index contributed by atoms with van der Waals surface area (Å²) in [6.07, 6.45) is 0.539. The van der Waals surface area contributed by atoms with E-state index in [0.717, 1.165) is 15.6 Å². The second-order valence-electron chi connectivity index (χ2n) is 6.66. The highest BCUT2D eigenvalue weighted by Gasteiger charge is 2.39. The summed E-state index contributed by atoms with van der Waals surface area (Å²) in [5.74, 6) is 0.526. The highest BCUT2D eigenvalue weighted by Crippen LogP contribution is 2.37. The molecule has 4 rings (SSSR count). The molecule has 1 amide bonds. The van der Waals surface area contributed by atoms with Gasteiger partial charge in [0.1, 0.15) is 5.75 Å². The fourth-order valence-corrected chi connectivity index (χ4v) is 4.47. The maximum Gasteiger partial charge on any atom is 0.268 e. The number of carbonyl (C=O) groups excluding carboxylic acids is 1. The normalized spacial score (nSPS) is 21.3. The van der Waals surface area contributed by atoms with E-state index in [1.165, 1.54) is 12.1 Å². The van der Waals surface area contributed by atoms with Crippen molar-refractivity contribution in [2.45, 2.75) is 36.8 Å². The van der Waals surface area contributed by atoms with Crippen LogP contribution >= 0.6 is 15.9 Å². The number of ether oxygens (including phenoxy) is 1. The van der Waals surface area contributed by atoms with Crippen molar-refractivity contribution in [3.8, 4) is 5.75 Å². The monoisotopic (exact) mass is 436 g/mol. The number of hydrogen-bond donors (Lipinski definition) is 1. The summed E-state index contributed by atoms with van der Waals surface area (Å²) in [4.78, 5) is 14.8. The molecule has 6 nitrogen and oxygen atoms in total. The molecule has 2 aromatic rings. The zero-order valence-electron chi connectivity index (χ0n) is 14.0. The maximum atomic E-state index is 13.1. The maximum absolute atomic E-state index is 13.1. The van der Waals surface area contributed by atoms with Crippen LogP contribution in [0.25, 0.3) is 0 Å². The third kappa shape index (κ3) is 2.91. The van der Waals surface area contributed by atoms with E-state index in [2.05, 4.69) is 15.9 Å². The van der Waals surface area contributed by atoms with E-state index in [1.54, 1.807) is 11.0 Å². The van der Waals surface area contributed by atoms with Crippen molar-refractivity contribution in [2.75, 3.05) is 4.90 Å². The molecule has 1 unspecified atom stereocenters. The van der Waals surface area contributed by atoms with Gasteiger partial charge in [0.15, 0.2) is 6.10 Å². The van der Waals surface area contributed by atoms with Gasteiger partial charge in [-0.3, -0.25) is 4.79 Å². The molecule has 0 aromatic heterocycles. The Morgan fingerprint density at radius 3 is 2.65 bits per heavy atom. The van der Waals surface area contributed by atoms with Gasteiger partial charge >= 0.3 is 0 Å². The molecule has 0 radical (unpaired) electrons. The second kappa shape index (κ2) is 6.07. The van der Waals surface area contributed by atoms with E-state index >= 15 is 0 Å². The zero-order valence-corrected chi connectivity index (χ0v) is 16.4. The minimum absolute atomic E-state index is 0.00251. The van der Waals surface area contributed by atoms with Gasteiger partial charge in [0.05, 0.1) is 4.90 Å². The number of halogens is 1. The second-order valence-corrected chi connectivity index (χ2v) is 9.14. The van der Waals surface area contributed by atoms with Crippen LogP contribution in [0.1, 0.15) is 18.1 Å². The molecule has 0 saturated heterocycles. The van der Waals surface area contributed by atoms with Gasteiger partial charge in [0.2, 0.25) is 10.0 Å². The summed E-state index contributed by atoms with van der Waals surface area (Å²) < 4.78 is 30.1. The molecule has 2 N–H and O–H groups in total. The Hall–Kier alpha value is -1.90. The summed E-state index contributed by atoms with van der Waals surface area (Å²) in [6.45, 7) is 1.94. The molecule has 2 aliphatic rings. The van der Waals surface area contributed by atoms with Gasteiger partial charge in [0, 0.05) is 22.6 Å². The molecule has 136 valence electrons. The van der Waals surface area contributed by atoms with E-state index in [4.69, 9.17) is 9.88 Å². The molecule has 2 aliphatic heterocycles. The predicted octanol–water partition coefficient (Wildman–Crippen LogP) is 2.38. The molecule has 26 heavy (non-hydrogen) atoms. The quantitative estimate of drug-likeness (QED) is 0.782. The van der Waals surface area contributed by atoms with Gasteiger partial charge in [-0.2, -0.15) is 0 Å². The Morgan fingerprint density at radius 1 is 1.19 bits per heavy atom. The van der Waals surface area contributed by atoms with Crippen LogP contribution in [0.4, 0.5) is 5.69 Å². The number of hydrogen-bond acceptors (Lipinski definition) is 4. The SMILES string of the molecule is CC1Cc2ccc(S(N)(=O)=O)cc2N1C(=O)[C@@H]1Cc2ccc(Br)cc2O1. The molecule has 2 aromatic carbocycles. The number of primary sulfonamides is 1. The summed E-state index contributed by atoms with van der Waals surface area (Å²) in [5, 5.41) is 5.24. The molecule has 0 aliphatic carbocycles. The van der Waals surface area contributed by atoms with Gasteiger partial charge in [-0.15, -0.1) is 0 Å². The number of benzene rings is 2.